The average molecular weight is 457 g/mol. The summed E-state index contributed by atoms with van der Waals surface area (Å²) in [6, 6.07) is 20.6. The molecule has 2 amide bonds. The Bertz CT molecular complexity index is 1320. The molecule has 0 saturated carbocycles. The smallest absolute Gasteiger partial charge is 0.351 e. The van der Waals surface area contributed by atoms with Crippen LogP contribution in [0.5, 0.6) is 0 Å². The normalized spacial score (nSPS) is 14.2. The van der Waals surface area contributed by atoms with E-state index in [0.29, 0.717) is 49.1 Å². The number of benzene rings is 3. The fourth-order valence-corrected chi connectivity index (χ4v) is 3.93. The van der Waals surface area contributed by atoms with Crippen LogP contribution in [0.2, 0.25) is 0 Å². The number of aromatic nitrogens is 2. The van der Waals surface area contributed by atoms with E-state index in [1.807, 2.05) is 42.5 Å². The zero-order valence-corrected chi connectivity index (χ0v) is 18.6. The van der Waals surface area contributed by atoms with Crippen molar-refractivity contribution in [2.45, 2.75) is 6.92 Å². The minimum atomic E-state index is -0.552. The number of amides is 2. The molecular formula is C25H23N5O4. The van der Waals surface area contributed by atoms with E-state index in [1.54, 1.807) is 41.2 Å². The first-order valence-electron chi connectivity index (χ1n) is 11.0. The van der Waals surface area contributed by atoms with E-state index in [-0.39, 0.29) is 5.91 Å². The van der Waals surface area contributed by atoms with Gasteiger partial charge in [-0.25, -0.2) is 4.79 Å². The Morgan fingerprint density at radius 2 is 1.68 bits per heavy atom. The van der Waals surface area contributed by atoms with Crippen LogP contribution in [-0.2, 0) is 4.84 Å². The molecule has 0 bridgehead atoms. The van der Waals surface area contributed by atoms with Crippen molar-refractivity contribution in [2.24, 2.45) is 0 Å². The third-order valence-electron chi connectivity index (χ3n) is 5.68. The van der Waals surface area contributed by atoms with Gasteiger partial charge < -0.3 is 14.3 Å². The van der Waals surface area contributed by atoms with Gasteiger partial charge in [0.15, 0.2) is 0 Å². The Hall–Kier alpha value is -4.24. The highest BCUT2D eigenvalue weighted by Crippen LogP contribution is 2.23. The minimum absolute atomic E-state index is 0.0734. The first kappa shape index (κ1) is 21.6. The van der Waals surface area contributed by atoms with Gasteiger partial charge in [-0.2, -0.15) is 4.98 Å². The summed E-state index contributed by atoms with van der Waals surface area (Å²) in [5, 5.41) is 10.3. The molecular weight excluding hydrogens is 434 g/mol. The molecule has 34 heavy (non-hydrogen) atoms. The Morgan fingerprint density at radius 3 is 2.41 bits per heavy atom. The molecule has 4 aromatic rings. The quantitative estimate of drug-likeness (QED) is 0.492. The van der Waals surface area contributed by atoms with Gasteiger partial charge in [0, 0.05) is 36.5 Å². The molecule has 0 spiro atoms. The van der Waals surface area contributed by atoms with Crippen molar-refractivity contribution >= 4 is 28.5 Å². The SMILES string of the molecule is Cc1nc(-c2ccc(C(=O)N3CCN(OC(=O)Nc4cccc5ccccc45)CC3)cc2)no1. The second-order valence-corrected chi connectivity index (χ2v) is 7.97. The maximum Gasteiger partial charge on any atom is 0.430 e. The van der Waals surface area contributed by atoms with Crippen molar-refractivity contribution in [3.05, 3.63) is 78.2 Å². The van der Waals surface area contributed by atoms with Crippen molar-refractivity contribution in [1.82, 2.24) is 20.1 Å². The summed E-state index contributed by atoms with van der Waals surface area (Å²) in [4.78, 5) is 36.7. The summed E-state index contributed by atoms with van der Waals surface area (Å²) in [6.07, 6.45) is -0.552. The van der Waals surface area contributed by atoms with E-state index in [2.05, 4.69) is 15.5 Å². The second kappa shape index (κ2) is 9.32. The largest absolute Gasteiger partial charge is 0.430 e. The van der Waals surface area contributed by atoms with Crippen LogP contribution in [0, 0.1) is 6.92 Å². The lowest BCUT2D eigenvalue weighted by Crippen LogP contribution is -2.49. The van der Waals surface area contributed by atoms with Crippen LogP contribution < -0.4 is 5.32 Å². The number of carbonyl (C=O) groups excluding carboxylic acids is 2. The Morgan fingerprint density at radius 1 is 0.941 bits per heavy atom. The van der Waals surface area contributed by atoms with E-state index in [4.69, 9.17) is 9.36 Å². The van der Waals surface area contributed by atoms with Gasteiger partial charge in [0.25, 0.3) is 5.91 Å². The van der Waals surface area contributed by atoms with Gasteiger partial charge in [-0.15, -0.1) is 5.06 Å². The molecule has 9 nitrogen and oxygen atoms in total. The molecule has 1 N–H and O–H groups in total. The molecule has 1 aromatic heterocycles. The van der Waals surface area contributed by atoms with Gasteiger partial charge in [0.1, 0.15) is 0 Å². The van der Waals surface area contributed by atoms with Gasteiger partial charge in [-0.3, -0.25) is 10.1 Å². The molecule has 2 heterocycles. The number of nitrogens with one attached hydrogen (secondary N) is 1. The molecule has 9 heteroatoms. The lowest BCUT2D eigenvalue weighted by molar-refractivity contribution is -0.113. The van der Waals surface area contributed by atoms with E-state index in [9.17, 15) is 9.59 Å². The molecule has 0 aliphatic carbocycles. The number of anilines is 1. The van der Waals surface area contributed by atoms with Gasteiger partial charge in [0.2, 0.25) is 11.7 Å². The van der Waals surface area contributed by atoms with Crippen LogP contribution in [0.1, 0.15) is 16.2 Å². The zero-order chi connectivity index (χ0) is 23.5. The number of rotatable bonds is 4. The van der Waals surface area contributed by atoms with Gasteiger partial charge in [-0.1, -0.05) is 53.7 Å². The van der Waals surface area contributed by atoms with E-state index in [1.165, 1.54) is 0 Å². The third kappa shape index (κ3) is 4.60. The minimum Gasteiger partial charge on any atom is -0.351 e. The van der Waals surface area contributed by atoms with Crippen molar-refractivity contribution in [2.75, 3.05) is 31.5 Å². The van der Waals surface area contributed by atoms with Crippen LogP contribution in [0.25, 0.3) is 22.2 Å². The summed E-state index contributed by atoms with van der Waals surface area (Å²) in [5.41, 5.74) is 2.05. The Labute approximate surface area is 195 Å². The van der Waals surface area contributed by atoms with Crippen LogP contribution in [0.15, 0.2) is 71.3 Å². The molecule has 0 unspecified atom stereocenters. The number of carbonyl (C=O) groups is 2. The highest BCUT2D eigenvalue weighted by Gasteiger charge is 2.24. The van der Waals surface area contributed by atoms with Crippen LogP contribution in [0.3, 0.4) is 0 Å². The highest BCUT2D eigenvalue weighted by atomic mass is 16.7. The average Bonchev–Trinajstić information content (AvgIpc) is 3.31. The standard InChI is InChI=1S/C25H23N5O4/c1-17-26-23(28-33-17)19-9-11-20(12-10-19)24(31)29-13-15-30(16-14-29)34-25(32)27-22-8-4-6-18-5-2-3-7-21(18)22/h2-12H,13-16H2,1H3,(H,27,32). The van der Waals surface area contributed by atoms with E-state index < -0.39 is 6.09 Å². The zero-order valence-electron chi connectivity index (χ0n) is 18.6. The van der Waals surface area contributed by atoms with Gasteiger partial charge in [0.05, 0.1) is 18.8 Å². The highest BCUT2D eigenvalue weighted by molar-refractivity contribution is 6.00. The van der Waals surface area contributed by atoms with E-state index in [0.717, 1.165) is 16.3 Å². The van der Waals surface area contributed by atoms with Crippen LogP contribution in [-0.4, -0.2) is 58.3 Å². The number of piperazine rings is 1. The Kier molecular flexibility index (Phi) is 5.92. The maximum atomic E-state index is 12.9. The fourth-order valence-electron chi connectivity index (χ4n) is 3.93. The predicted octanol–water partition coefficient (Wildman–Crippen LogP) is 4.12. The third-order valence-corrected chi connectivity index (χ3v) is 5.68. The number of nitrogens with zero attached hydrogens (tertiary/aromatic N) is 4. The summed E-state index contributed by atoms with van der Waals surface area (Å²) in [6.45, 7) is 3.48. The first-order chi connectivity index (χ1) is 16.6. The first-order valence-corrected chi connectivity index (χ1v) is 11.0. The molecule has 1 saturated heterocycles. The van der Waals surface area contributed by atoms with Crippen LogP contribution >= 0.6 is 0 Å². The molecule has 0 atom stereocenters. The second-order valence-electron chi connectivity index (χ2n) is 7.97. The molecule has 1 aliphatic heterocycles. The predicted molar refractivity (Wildman–Crippen MR) is 126 cm³/mol. The lowest BCUT2D eigenvalue weighted by atomic mass is 10.1. The number of hydroxylamine groups is 2. The topological polar surface area (TPSA) is 101 Å². The van der Waals surface area contributed by atoms with E-state index >= 15 is 0 Å². The summed E-state index contributed by atoms with van der Waals surface area (Å²) < 4.78 is 5.00. The van der Waals surface area contributed by atoms with Crippen molar-refractivity contribution in [3.8, 4) is 11.4 Å². The van der Waals surface area contributed by atoms with Gasteiger partial charge >= 0.3 is 6.09 Å². The van der Waals surface area contributed by atoms with Crippen LogP contribution in [0.4, 0.5) is 10.5 Å². The number of hydrogen-bond donors (Lipinski definition) is 1. The summed E-state index contributed by atoms with van der Waals surface area (Å²) >= 11 is 0. The molecule has 1 fully saturated rings. The number of hydrogen-bond acceptors (Lipinski definition) is 7. The van der Waals surface area contributed by atoms with Gasteiger partial charge in [-0.05, 0) is 23.6 Å². The molecule has 1 aliphatic rings. The fraction of sp³-hybridized carbons (Fsp3) is 0.200. The lowest BCUT2D eigenvalue weighted by Gasteiger charge is -2.33. The molecule has 5 rings (SSSR count). The number of aryl methyl sites for hydroxylation is 1. The van der Waals surface area contributed by atoms with Crippen molar-refractivity contribution in [3.63, 3.8) is 0 Å². The Balaban J connectivity index is 1.14. The monoisotopic (exact) mass is 457 g/mol. The molecule has 172 valence electrons. The molecule has 3 aromatic carbocycles. The van der Waals surface area contributed by atoms with Crippen molar-refractivity contribution in [1.29, 1.82) is 0 Å². The molecule has 0 radical (unpaired) electrons. The maximum absolute atomic E-state index is 12.9. The van der Waals surface area contributed by atoms with Crippen molar-refractivity contribution < 1.29 is 18.9 Å². The number of fused-ring (bicyclic) bond motifs is 1. The summed E-state index contributed by atoms with van der Waals surface area (Å²) in [5.74, 6) is 0.904. The summed E-state index contributed by atoms with van der Waals surface area (Å²) in [7, 11) is 0.